The summed E-state index contributed by atoms with van der Waals surface area (Å²) in [6, 6.07) is 53.7. The summed E-state index contributed by atoms with van der Waals surface area (Å²) in [7, 11) is 0. The van der Waals surface area contributed by atoms with E-state index >= 15 is 0 Å². The molecular weight excluding hydrogens is 908 g/mol. The zero-order chi connectivity index (χ0) is 52.9. The average molecular weight is 981 g/mol. The van der Waals surface area contributed by atoms with E-state index in [0.717, 1.165) is 73.0 Å². The van der Waals surface area contributed by atoms with Gasteiger partial charge in [0.25, 0.3) is 0 Å². The molecule has 0 bridgehead atoms. The van der Waals surface area contributed by atoms with Crippen molar-refractivity contribution in [3.05, 3.63) is 191 Å². The largest absolute Gasteiger partial charge is 0.457 e. The lowest BCUT2D eigenvalue weighted by Gasteiger charge is -2.30. The van der Waals surface area contributed by atoms with E-state index in [0.29, 0.717) is 6.67 Å². The zero-order valence-electron chi connectivity index (χ0n) is 46.3. The van der Waals surface area contributed by atoms with Crippen molar-refractivity contribution in [2.45, 2.75) is 131 Å². The second kappa shape index (κ2) is 18.0. The Hall–Kier alpha value is -7.18. The fourth-order valence-corrected chi connectivity index (χ4v) is 10.3. The Morgan fingerprint density at radius 2 is 1.01 bits per heavy atom. The summed E-state index contributed by atoms with van der Waals surface area (Å²) in [5.41, 5.74) is 17.0. The minimum atomic E-state index is -0.252. The fourth-order valence-electron chi connectivity index (χ4n) is 10.3. The van der Waals surface area contributed by atoms with Gasteiger partial charge >= 0.3 is 0 Å². The fraction of sp³-hybridized carbons (Fsp3) is 0.309. The molecule has 3 heterocycles. The van der Waals surface area contributed by atoms with Crippen molar-refractivity contribution in [1.82, 2.24) is 9.55 Å². The third-order valence-electron chi connectivity index (χ3n) is 14.9. The minimum absolute atomic E-state index is 0.00105. The maximum Gasteiger partial charge on any atom is 0.137 e. The van der Waals surface area contributed by atoms with Gasteiger partial charge in [0.15, 0.2) is 0 Å². The summed E-state index contributed by atoms with van der Waals surface area (Å²) in [6.45, 7) is 34.8. The number of rotatable bonds is 7. The third-order valence-corrected chi connectivity index (χ3v) is 14.9. The first-order valence-corrected chi connectivity index (χ1v) is 26.3. The van der Waals surface area contributed by atoms with Crippen molar-refractivity contribution < 1.29 is 9.13 Å². The van der Waals surface area contributed by atoms with E-state index in [2.05, 4.69) is 240 Å². The first-order valence-electron chi connectivity index (χ1n) is 26.3. The highest BCUT2D eigenvalue weighted by Crippen LogP contribution is 2.51. The van der Waals surface area contributed by atoms with Crippen LogP contribution in [0.25, 0.3) is 49.9 Å². The maximum absolute atomic E-state index is 14.4. The van der Waals surface area contributed by atoms with Crippen molar-refractivity contribution >= 4 is 44.6 Å². The predicted octanol–water partition coefficient (Wildman–Crippen LogP) is 19.2. The number of para-hydroxylation sites is 1. The topological polar surface area (TPSA) is 33.5 Å². The van der Waals surface area contributed by atoms with Crippen molar-refractivity contribution in [3.63, 3.8) is 0 Å². The first kappa shape index (κ1) is 50.4. The van der Waals surface area contributed by atoms with Crippen LogP contribution in [0.15, 0.2) is 158 Å². The van der Waals surface area contributed by atoms with E-state index in [9.17, 15) is 4.39 Å². The second-order valence-corrected chi connectivity index (χ2v) is 25.7. The Morgan fingerprint density at radius 1 is 0.432 bits per heavy atom. The Kier molecular flexibility index (Phi) is 12.3. The summed E-state index contributed by atoms with van der Waals surface area (Å²) in [6.07, 6.45) is 1.94. The molecule has 0 N–H and O–H groups in total. The van der Waals surface area contributed by atoms with E-state index in [1.807, 2.05) is 24.4 Å². The van der Waals surface area contributed by atoms with Gasteiger partial charge in [-0.05, 0) is 150 Å². The first-order chi connectivity index (χ1) is 34.7. The van der Waals surface area contributed by atoms with Crippen LogP contribution >= 0.6 is 0 Å². The summed E-state index contributed by atoms with van der Waals surface area (Å²) >= 11 is 0. The van der Waals surface area contributed by atoms with Gasteiger partial charge < -0.3 is 14.5 Å². The Bertz CT molecular complexity index is 3540. The number of benzene rings is 7. The highest BCUT2D eigenvalue weighted by molar-refractivity contribution is 6.11. The molecule has 0 unspecified atom stereocenters. The molecule has 7 aromatic carbocycles. The smallest absolute Gasteiger partial charge is 0.137 e. The van der Waals surface area contributed by atoms with Crippen LogP contribution < -0.4 is 14.5 Å². The van der Waals surface area contributed by atoms with Gasteiger partial charge in [-0.1, -0.05) is 165 Å². The van der Waals surface area contributed by atoms with E-state index < -0.39 is 0 Å². The molecule has 378 valence electrons. The third kappa shape index (κ3) is 9.72. The lowest BCUT2D eigenvalue weighted by atomic mass is 9.79. The summed E-state index contributed by atoms with van der Waals surface area (Å²) in [5, 5.41) is 2.29. The van der Waals surface area contributed by atoms with Crippen LogP contribution in [0.2, 0.25) is 0 Å². The standard InChI is InChI=1S/C68H73FN4O/c1-64(2,3)46-30-31-70-62(39-46)73-59-29-24-44(45-32-47(65(4,5)6)35-48(33-45)66(7,8)9)34-58(59)57-28-27-55(41-61(57)73)74-54-19-16-18-52(40-54)71-42-72(53-37-49(67(10,11)12)36-50(38-53)68(13,14)15)63-56(20-17-21-60(63)71)43-22-25-51(69)26-23-43/h16-41H,42H2,1-15H3. The van der Waals surface area contributed by atoms with Crippen molar-refractivity contribution in [1.29, 1.82) is 0 Å². The molecule has 0 amide bonds. The van der Waals surface area contributed by atoms with Gasteiger partial charge in [0.2, 0.25) is 0 Å². The number of pyridine rings is 1. The second-order valence-electron chi connectivity index (χ2n) is 25.7. The molecule has 6 heteroatoms. The molecule has 5 nitrogen and oxygen atoms in total. The molecule has 0 fully saturated rings. The van der Waals surface area contributed by atoms with Gasteiger partial charge in [-0.3, -0.25) is 4.57 Å². The van der Waals surface area contributed by atoms with Crippen LogP contribution in [-0.4, -0.2) is 16.2 Å². The molecule has 0 atom stereocenters. The summed E-state index contributed by atoms with van der Waals surface area (Å²) in [5.74, 6) is 2.08. The minimum Gasteiger partial charge on any atom is -0.457 e. The Labute approximate surface area is 439 Å². The highest BCUT2D eigenvalue weighted by atomic mass is 19.1. The van der Waals surface area contributed by atoms with E-state index in [-0.39, 0.29) is 32.9 Å². The van der Waals surface area contributed by atoms with Gasteiger partial charge in [0.05, 0.1) is 22.4 Å². The lowest BCUT2D eigenvalue weighted by Crippen LogP contribution is -2.25. The van der Waals surface area contributed by atoms with Crippen LogP contribution in [0, 0.1) is 5.82 Å². The molecule has 0 saturated carbocycles. The van der Waals surface area contributed by atoms with Crippen LogP contribution in [0.5, 0.6) is 11.5 Å². The van der Waals surface area contributed by atoms with Crippen molar-refractivity contribution in [2.75, 3.05) is 16.5 Å². The Balaban J connectivity index is 1.08. The average Bonchev–Trinajstić information content (AvgIpc) is 3.89. The number of hydrogen-bond acceptors (Lipinski definition) is 4. The number of nitrogens with zero attached hydrogens (tertiary/aromatic N) is 4. The number of halogens is 1. The van der Waals surface area contributed by atoms with Gasteiger partial charge in [-0.25, -0.2) is 9.37 Å². The maximum atomic E-state index is 14.4. The molecule has 10 rings (SSSR count). The van der Waals surface area contributed by atoms with E-state index in [1.165, 1.54) is 38.9 Å². The molecule has 1 aliphatic rings. The molecule has 1 aliphatic heterocycles. The Morgan fingerprint density at radius 3 is 1.64 bits per heavy atom. The van der Waals surface area contributed by atoms with Crippen molar-refractivity contribution in [3.8, 4) is 39.6 Å². The molecule has 0 radical (unpaired) electrons. The lowest BCUT2D eigenvalue weighted by molar-refractivity contribution is 0.483. The highest BCUT2D eigenvalue weighted by Gasteiger charge is 2.33. The van der Waals surface area contributed by atoms with Gasteiger partial charge in [0.1, 0.15) is 29.8 Å². The number of fused-ring (bicyclic) bond motifs is 4. The molecule has 2 aromatic heterocycles. The molecule has 0 spiro atoms. The van der Waals surface area contributed by atoms with Gasteiger partial charge in [-0.2, -0.15) is 0 Å². The molecular formula is C68H73FN4O. The molecule has 9 aromatic rings. The predicted molar refractivity (Wildman–Crippen MR) is 311 cm³/mol. The molecule has 0 aliphatic carbocycles. The molecule has 74 heavy (non-hydrogen) atoms. The van der Waals surface area contributed by atoms with Crippen molar-refractivity contribution in [2.24, 2.45) is 0 Å². The number of hydrogen-bond donors (Lipinski definition) is 0. The monoisotopic (exact) mass is 981 g/mol. The van der Waals surface area contributed by atoms with Gasteiger partial charge in [0, 0.05) is 46.0 Å². The van der Waals surface area contributed by atoms with Crippen LogP contribution in [0.1, 0.15) is 132 Å². The number of ether oxygens (including phenoxy) is 1. The molecule has 0 saturated heterocycles. The quantitative estimate of drug-likeness (QED) is 0.159. The summed E-state index contributed by atoms with van der Waals surface area (Å²) in [4.78, 5) is 9.82. The van der Waals surface area contributed by atoms with Crippen LogP contribution in [0.3, 0.4) is 0 Å². The van der Waals surface area contributed by atoms with E-state index in [4.69, 9.17) is 9.72 Å². The van der Waals surface area contributed by atoms with Crippen LogP contribution in [0.4, 0.5) is 27.1 Å². The van der Waals surface area contributed by atoms with E-state index in [1.54, 1.807) is 12.1 Å². The number of anilines is 4. The number of aromatic nitrogens is 2. The zero-order valence-corrected chi connectivity index (χ0v) is 46.3. The normalized spacial score (nSPS) is 13.6. The SMILES string of the molecule is CC(C)(C)c1cc(-c2ccc3c(c2)c2ccc(Oc4cccc(N5CN(c6cc(C(C)(C)C)cc(C(C)(C)C)c6)c6c(-c7ccc(F)cc7)cccc65)c4)cc2n3-c2cc(C(C)(C)C)ccn2)cc(C(C)(C)C)c1. The summed E-state index contributed by atoms with van der Waals surface area (Å²) < 4.78 is 23.6. The van der Waals surface area contributed by atoms with Gasteiger partial charge in [-0.15, -0.1) is 0 Å². The van der Waals surface area contributed by atoms with Crippen LogP contribution in [-0.2, 0) is 27.1 Å².